The molecule has 2 aromatic carbocycles. The van der Waals surface area contributed by atoms with Crippen LogP contribution in [-0.4, -0.2) is 60.2 Å². The fourth-order valence-electron chi connectivity index (χ4n) is 4.13. The van der Waals surface area contributed by atoms with E-state index in [0.29, 0.717) is 18.5 Å². The Morgan fingerprint density at radius 2 is 1.79 bits per heavy atom. The van der Waals surface area contributed by atoms with Crippen LogP contribution >= 0.6 is 11.3 Å². The fraction of sp³-hybridized carbons (Fsp3) is 0.360. The Kier molecular flexibility index (Phi) is 6.30. The average Bonchev–Trinajstić information content (AvgIpc) is 3.46. The molecule has 0 aliphatic carbocycles. The predicted molar refractivity (Wildman–Crippen MR) is 130 cm³/mol. The maximum atomic E-state index is 12.6. The van der Waals surface area contributed by atoms with Crippen molar-refractivity contribution >= 4 is 22.4 Å². The number of anilines is 1. The molecule has 33 heavy (non-hydrogen) atoms. The minimum atomic E-state index is -0.0137. The summed E-state index contributed by atoms with van der Waals surface area (Å²) < 4.78 is 10.9. The molecule has 172 valence electrons. The summed E-state index contributed by atoms with van der Waals surface area (Å²) in [6.07, 6.45) is 0. The number of fused-ring (bicyclic) bond motifs is 1. The third-order valence-corrected chi connectivity index (χ3v) is 6.99. The highest BCUT2D eigenvalue weighted by Gasteiger charge is 2.21. The Morgan fingerprint density at radius 3 is 2.61 bits per heavy atom. The van der Waals surface area contributed by atoms with Crippen LogP contribution in [0.1, 0.15) is 16.7 Å². The molecule has 1 fully saturated rings. The van der Waals surface area contributed by atoms with E-state index in [2.05, 4.69) is 64.3 Å². The van der Waals surface area contributed by atoms with Crippen molar-refractivity contribution in [2.45, 2.75) is 20.4 Å². The van der Waals surface area contributed by atoms with Crippen LogP contribution in [-0.2, 0) is 11.3 Å². The Morgan fingerprint density at radius 1 is 1.00 bits per heavy atom. The zero-order chi connectivity index (χ0) is 22.8. The second-order valence-corrected chi connectivity index (χ2v) is 9.48. The lowest BCUT2D eigenvalue weighted by atomic mass is 10.1. The van der Waals surface area contributed by atoms with E-state index in [9.17, 15) is 4.79 Å². The number of hydrogen-bond acceptors (Lipinski definition) is 7. The average molecular weight is 465 g/mol. The maximum absolute atomic E-state index is 12.6. The molecule has 1 amide bonds. The van der Waals surface area contributed by atoms with Crippen LogP contribution < -0.4 is 14.8 Å². The summed E-state index contributed by atoms with van der Waals surface area (Å²) in [5.41, 5.74) is 5.69. The second kappa shape index (κ2) is 9.51. The quantitative estimate of drug-likeness (QED) is 0.597. The first-order chi connectivity index (χ1) is 16.0. The van der Waals surface area contributed by atoms with Gasteiger partial charge in [0.2, 0.25) is 12.7 Å². The van der Waals surface area contributed by atoms with Gasteiger partial charge in [0.15, 0.2) is 16.6 Å². The number of carbonyl (C=O) groups is 1. The first-order valence-corrected chi connectivity index (χ1v) is 12.1. The van der Waals surface area contributed by atoms with Gasteiger partial charge >= 0.3 is 0 Å². The highest BCUT2D eigenvalue weighted by Crippen LogP contribution is 2.33. The van der Waals surface area contributed by atoms with Crippen molar-refractivity contribution < 1.29 is 14.3 Å². The van der Waals surface area contributed by atoms with Crippen molar-refractivity contribution in [1.82, 2.24) is 14.8 Å². The summed E-state index contributed by atoms with van der Waals surface area (Å²) >= 11 is 1.47. The van der Waals surface area contributed by atoms with Crippen LogP contribution in [0.15, 0.2) is 41.8 Å². The van der Waals surface area contributed by atoms with Gasteiger partial charge in [-0.1, -0.05) is 18.2 Å². The molecule has 0 spiro atoms. The lowest BCUT2D eigenvalue weighted by Gasteiger charge is -2.34. The lowest BCUT2D eigenvalue weighted by Crippen LogP contribution is -2.48. The summed E-state index contributed by atoms with van der Waals surface area (Å²) in [5, 5.41) is 5.61. The van der Waals surface area contributed by atoms with Gasteiger partial charge in [-0.2, -0.15) is 0 Å². The van der Waals surface area contributed by atoms with Gasteiger partial charge in [0.25, 0.3) is 0 Å². The topological polar surface area (TPSA) is 66.9 Å². The van der Waals surface area contributed by atoms with Crippen molar-refractivity contribution in [3.05, 3.63) is 58.5 Å². The smallest absolute Gasteiger partial charge is 0.240 e. The summed E-state index contributed by atoms with van der Waals surface area (Å²) in [5.74, 6) is 1.63. The molecule has 1 aromatic heterocycles. The van der Waals surface area contributed by atoms with Gasteiger partial charge in [0, 0.05) is 43.7 Å². The van der Waals surface area contributed by atoms with Crippen molar-refractivity contribution in [2.24, 2.45) is 0 Å². The number of aromatic nitrogens is 1. The van der Waals surface area contributed by atoms with E-state index in [1.54, 1.807) is 0 Å². The Bertz CT molecular complexity index is 1150. The number of nitrogens with one attached hydrogen (secondary N) is 1. The molecule has 3 aromatic rings. The van der Waals surface area contributed by atoms with Crippen molar-refractivity contribution in [3.8, 4) is 22.8 Å². The molecule has 0 bridgehead atoms. The third-order valence-electron chi connectivity index (χ3n) is 6.23. The molecule has 1 saturated heterocycles. The van der Waals surface area contributed by atoms with Crippen LogP contribution in [0.5, 0.6) is 11.5 Å². The molecule has 2 aliphatic rings. The monoisotopic (exact) mass is 464 g/mol. The van der Waals surface area contributed by atoms with E-state index in [1.165, 1.54) is 28.0 Å². The van der Waals surface area contributed by atoms with Gasteiger partial charge in [-0.15, -0.1) is 11.3 Å². The number of nitrogens with zero attached hydrogens (tertiary/aromatic N) is 3. The van der Waals surface area contributed by atoms with Gasteiger partial charge in [0.1, 0.15) is 0 Å². The first-order valence-electron chi connectivity index (χ1n) is 11.2. The molecule has 0 atom stereocenters. The number of rotatable bonds is 6. The number of hydrogen-bond donors (Lipinski definition) is 1. The Hall–Kier alpha value is -2.94. The predicted octanol–water partition coefficient (Wildman–Crippen LogP) is 3.91. The molecule has 5 rings (SSSR count). The van der Waals surface area contributed by atoms with E-state index in [-0.39, 0.29) is 5.91 Å². The summed E-state index contributed by atoms with van der Waals surface area (Å²) in [7, 11) is 0. The minimum absolute atomic E-state index is 0.0137. The van der Waals surface area contributed by atoms with E-state index >= 15 is 0 Å². The van der Waals surface area contributed by atoms with Gasteiger partial charge in [0.05, 0.1) is 12.2 Å². The Labute approximate surface area is 198 Å². The molecule has 2 aliphatic heterocycles. The summed E-state index contributed by atoms with van der Waals surface area (Å²) in [4.78, 5) is 21.8. The van der Waals surface area contributed by atoms with Crippen LogP contribution in [0.2, 0.25) is 0 Å². The molecular weight excluding hydrogens is 436 g/mol. The molecule has 0 radical (unpaired) electrons. The third kappa shape index (κ3) is 5.19. The number of amides is 1. The summed E-state index contributed by atoms with van der Waals surface area (Å²) in [6, 6.07) is 12.4. The van der Waals surface area contributed by atoms with Gasteiger partial charge in [-0.05, 0) is 48.7 Å². The summed E-state index contributed by atoms with van der Waals surface area (Å²) in [6.45, 7) is 9.34. The number of benzene rings is 2. The van der Waals surface area contributed by atoms with Crippen LogP contribution in [0.3, 0.4) is 0 Å². The van der Waals surface area contributed by atoms with Crippen molar-refractivity contribution in [1.29, 1.82) is 0 Å². The number of thiazole rings is 1. The number of ether oxygens (including phenoxy) is 2. The molecule has 8 heteroatoms. The second-order valence-electron chi connectivity index (χ2n) is 8.63. The van der Waals surface area contributed by atoms with Crippen LogP contribution in [0.4, 0.5) is 5.13 Å². The maximum Gasteiger partial charge on any atom is 0.240 e. The Balaban J connectivity index is 1.09. The zero-order valence-electron chi connectivity index (χ0n) is 19.0. The molecule has 0 unspecified atom stereocenters. The SMILES string of the molecule is Cc1ccc(-c2csc(NC(=O)CN3CCN(Cc4ccc5c(c4)OCO5)CC3)n2)cc1C. The van der Waals surface area contributed by atoms with Gasteiger partial charge in [-0.25, -0.2) is 4.98 Å². The van der Waals surface area contributed by atoms with Crippen molar-refractivity contribution in [3.63, 3.8) is 0 Å². The van der Waals surface area contributed by atoms with Crippen LogP contribution in [0, 0.1) is 13.8 Å². The minimum Gasteiger partial charge on any atom is -0.454 e. The van der Waals surface area contributed by atoms with Gasteiger partial charge in [-0.3, -0.25) is 14.6 Å². The number of carbonyl (C=O) groups excluding carboxylic acids is 1. The largest absolute Gasteiger partial charge is 0.454 e. The lowest BCUT2D eigenvalue weighted by molar-refractivity contribution is -0.117. The van der Waals surface area contributed by atoms with E-state index in [4.69, 9.17) is 9.47 Å². The van der Waals surface area contributed by atoms with E-state index < -0.39 is 0 Å². The van der Waals surface area contributed by atoms with Gasteiger partial charge < -0.3 is 14.8 Å². The van der Waals surface area contributed by atoms with E-state index in [0.717, 1.165) is 55.5 Å². The number of aryl methyl sites for hydroxylation is 2. The first kappa shape index (κ1) is 21.9. The highest BCUT2D eigenvalue weighted by molar-refractivity contribution is 7.14. The molecule has 7 nitrogen and oxygen atoms in total. The number of piperazine rings is 1. The molecule has 0 saturated carbocycles. The van der Waals surface area contributed by atoms with Crippen LogP contribution in [0.25, 0.3) is 11.3 Å². The zero-order valence-corrected chi connectivity index (χ0v) is 19.8. The molecule has 1 N–H and O–H groups in total. The normalized spacial score (nSPS) is 16.2. The fourth-order valence-corrected chi connectivity index (χ4v) is 4.87. The highest BCUT2D eigenvalue weighted by atomic mass is 32.1. The van der Waals surface area contributed by atoms with Crippen molar-refractivity contribution in [2.75, 3.05) is 44.8 Å². The molecule has 3 heterocycles. The van der Waals surface area contributed by atoms with E-state index in [1.807, 2.05) is 11.4 Å². The standard InChI is InChI=1S/C25H28N4O3S/c1-17-3-5-20(11-18(17)2)21-15-33-25(26-21)27-24(30)14-29-9-7-28(8-10-29)13-19-4-6-22-23(12-19)32-16-31-22/h3-6,11-12,15H,7-10,13-14,16H2,1-2H3,(H,26,27,30). The molecular formula is C25H28N4O3S.